The maximum absolute atomic E-state index is 15.2. The number of fused-ring (bicyclic) bond motifs is 7. The van der Waals surface area contributed by atoms with Gasteiger partial charge in [0.1, 0.15) is 48.8 Å². The SMILES string of the molecule is CC(=O)O[C@H]1C[C@@]2(C)[C@H]3CC=C4[C@H]5C[C@@](C)(CO)CC[C@@]5(C(=O)O[C@H]5O[C@@H](CO)[C@H](O)[C@@H](O)[C@@H]5O[C@H]5O[C@@H](C)[C@H](O)[C@@H](O)[C@@H]5O)CC[C@]4(C)[C@]3(C)CC[C@H]2C(C)(C)[C@@H]1OC(C)=O. The summed E-state index contributed by atoms with van der Waals surface area (Å²) in [6.45, 7) is 16.7. The Hall–Kier alpha value is -2.25. The van der Waals surface area contributed by atoms with E-state index in [0.717, 1.165) is 18.4 Å². The highest BCUT2D eigenvalue weighted by Crippen LogP contribution is 2.76. The minimum absolute atomic E-state index is 0.0824. The van der Waals surface area contributed by atoms with Crippen LogP contribution in [-0.4, -0.2) is 140 Å². The molecule has 2 heterocycles. The number of hydrogen-bond acceptors (Lipinski definition) is 16. The number of allylic oxidation sites excluding steroid dienone is 2. The zero-order chi connectivity index (χ0) is 45.7. The van der Waals surface area contributed by atoms with Gasteiger partial charge in [0.2, 0.25) is 6.29 Å². The van der Waals surface area contributed by atoms with Crippen LogP contribution in [0.15, 0.2) is 11.6 Å². The molecule has 5 aliphatic carbocycles. The summed E-state index contributed by atoms with van der Waals surface area (Å²) >= 11 is 0. The van der Waals surface area contributed by atoms with Crippen molar-refractivity contribution in [3.63, 3.8) is 0 Å². The van der Waals surface area contributed by atoms with Crippen molar-refractivity contribution < 1.29 is 78.6 Å². The van der Waals surface area contributed by atoms with E-state index in [-0.39, 0.29) is 35.2 Å². The average Bonchev–Trinajstić information content (AvgIpc) is 3.20. The molecule has 0 unspecified atom stereocenters. The number of aliphatic hydroxyl groups excluding tert-OH is 7. The molecule has 7 aliphatic rings. The van der Waals surface area contributed by atoms with Crippen molar-refractivity contribution in [2.45, 2.75) is 194 Å². The highest BCUT2D eigenvalue weighted by Gasteiger charge is 2.71. The third kappa shape index (κ3) is 7.38. The first-order chi connectivity index (χ1) is 28.8. The first-order valence-electron chi connectivity index (χ1n) is 22.7. The summed E-state index contributed by atoms with van der Waals surface area (Å²) < 4.78 is 35.7. The molecular weight excluding hydrogens is 808 g/mol. The summed E-state index contributed by atoms with van der Waals surface area (Å²) in [5, 5.41) is 74.7. The zero-order valence-corrected chi connectivity index (χ0v) is 37.8. The number of rotatable bonds is 8. The van der Waals surface area contributed by atoms with Gasteiger partial charge in [0.25, 0.3) is 0 Å². The van der Waals surface area contributed by atoms with Crippen LogP contribution < -0.4 is 0 Å². The van der Waals surface area contributed by atoms with E-state index in [1.807, 2.05) is 6.92 Å². The van der Waals surface area contributed by atoms with Crippen molar-refractivity contribution in [2.24, 2.45) is 50.2 Å². The van der Waals surface area contributed by atoms with E-state index >= 15 is 4.79 Å². The third-order valence-electron chi connectivity index (χ3n) is 17.9. The minimum Gasteiger partial charge on any atom is -0.459 e. The Bertz CT molecular complexity index is 1750. The fourth-order valence-electron chi connectivity index (χ4n) is 14.3. The molecular formula is C46H72O16. The number of ether oxygens (including phenoxy) is 6. The van der Waals surface area contributed by atoms with E-state index in [1.54, 1.807) is 0 Å². The van der Waals surface area contributed by atoms with Crippen LogP contribution in [0.3, 0.4) is 0 Å². The number of carbonyl (C=O) groups excluding carboxylic acids is 3. The quantitative estimate of drug-likeness (QED) is 0.105. The highest BCUT2D eigenvalue weighted by atomic mass is 16.8. The largest absolute Gasteiger partial charge is 0.459 e. The van der Waals surface area contributed by atoms with Crippen LogP contribution in [0.5, 0.6) is 0 Å². The highest BCUT2D eigenvalue weighted by molar-refractivity contribution is 5.79. The first-order valence-corrected chi connectivity index (χ1v) is 22.7. The molecule has 0 bridgehead atoms. The van der Waals surface area contributed by atoms with Gasteiger partial charge in [-0.05, 0) is 104 Å². The van der Waals surface area contributed by atoms with Crippen LogP contribution in [0.25, 0.3) is 0 Å². The molecule has 7 N–H and O–H groups in total. The lowest BCUT2D eigenvalue weighted by Gasteiger charge is -2.71. The van der Waals surface area contributed by atoms with Crippen LogP contribution in [0.2, 0.25) is 0 Å². The van der Waals surface area contributed by atoms with E-state index in [2.05, 4.69) is 40.7 Å². The molecule has 4 saturated carbocycles. The van der Waals surface area contributed by atoms with E-state index in [0.29, 0.717) is 44.9 Å². The first kappa shape index (κ1) is 47.7. The van der Waals surface area contributed by atoms with Gasteiger partial charge in [0.15, 0.2) is 12.4 Å². The number of carbonyl (C=O) groups is 3. The second kappa shape index (κ2) is 16.6. The van der Waals surface area contributed by atoms with Gasteiger partial charge in [-0.2, -0.15) is 0 Å². The van der Waals surface area contributed by atoms with Gasteiger partial charge in [-0.15, -0.1) is 0 Å². The molecule has 0 aromatic carbocycles. The Balaban J connectivity index is 1.23. The fourth-order valence-corrected chi connectivity index (χ4v) is 14.3. The second-order valence-electron chi connectivity index (χ2n) is 21.8. The minimum atomic E-state index is -1.79. The van der Waals surface area contributed by atoms with Gasteiger partial charge in [0, 0.05) is 25.9 Å². The molecule has 0 aromatic heterocycles. The predicted molar refractivity (Wildman–Crippen MR) is 218 cm³/mol. The van der Waals surface area contributed by atoms with E-state index < -0.39 is 120 Å². The predicted octanol–water partition coefficient (Wildman–Crippen LogP) is 2.43. The maximum Gasteiger partial charge on any atom is 0.315 e. The summed E-state index contributed by atoms with van der Waals surface area (Å²) in [5.41, 5.74) is -1.94. The molecule has 16 heteroatoms. The van der Waals surface area contributed by atoms with Gasteiger partial charge in [-0.3, -0.25) is 14.4 Å². The number of esters is 3. The Morgan fingerprint density at radius 2 is 1.40 bits per heavy atom. The Morgan fingerprint density at radius 3 is 2.03 bits per heavy atom. The van der Waals surface area contributed by atoms with Crippen molar-refractivity contribution in [1.82, 2.24) is 0 Å². The van der Waals surface area contributed by atoms with Crippen molar-refractivity contribution >= 4 is 17.9 Å². The lowest BCUT2D eigenvalue weighted by Crippen LogP contribution is -2.68. The van der Waals surface area contributed by atoms with Crippen LogP contribution in [0.1, 0.15) is 120 Å². The van der Waals surface area contributed by atoms with Gasteiger partial charge in [-0.25, -0.2) is 0 Å². The molecule has 0 spiro atoms. The van der Waals surface area contributed by atoms with E-state index in [1.165, 1.54) is 20.8 Å². The number of aliphatic hydroxyl groups is 7. The average molecular weight is 881 g/mol. The monoisotopic (exact) mass is 880 g/mol. The normalized spacial score (nSPS) is 51.0. The molecule has 0 aromatic rings. The molecule has 0 amide bonds. The molecule has 352 valence electrons. The van der Waals surface area contributed by atoms with Crippen molar-refractivity contribution in [1.29, 1.82) is 0 Å². The standard InChI is InChI=1S/C46H72O16/c1-22-31(51)33(53)35(55)38(57-22)61-36-34(54)32(52)28(20-47)60-39(36)62-40(56)46-16-14-42(6,21-48)18-26(46)25-10-11-30-43(7)19-27(58-23(2)49)37(59-24(3)50)41(4,5)29(43)12-13-45(30,9)44(25,8)15-17-46/h10,22,26-39,47-48,51-55H,11-21H2,1-9H3/t22-,26+,27-,28-,29-,30+,31-,32-,33+,34+,35-,36-,37+,38+,39+,42-,43+,44-,45+,46+/m0/s1. The van der Waals surface area contributed by atoms with Gasteiger partial charge in [0.05, 0.1) is 18.1 Å². The lowest BCUT2D eigenvalue weighted by molar-refractivity contribution is -0.361. The van der Waals surface area contributed by atoms with E-state index in [4.69, 9.17) is 28.4 Å². The van der Waals surface area contributed by atoms with Crippen LogP contribution in [0.4, 0.5) is 0 Å². The van der Waals surface area contributed by atoms with Gasteiger partial charge >= 0.3 is 17.9 Å². The molecule has 2 aliphatic heterocycles. The molecule has 62 heavy (non-hydrogen) atoms. The van der Waals surface area contributed by atoms with Gasteiger partial charge < -0.3 is 64.2 Å². The maximum atomic E-state index is 15.2. The summed E-state index contributed by atoms with van der Waals surface area (Å²) in [6, 6.07) is 0. The van der Waals surface area contributed by atoms with Crippen molar-refractivity contribution in [3.8, 4) is 0 Å². The summed E-state index contributed by atoms with van der Waals surface area (Å²) in [4.78, 5) is 40.1. The molecule has 6 fully saturated rings. The summed E-state index contributed by atoms with van der Waals surface area (Å²) in [5.74, 6) is -1.53. The van der Waals surface area contributed by atoms with Crippen LogP contribution >= 0.6 is 0 Å². The molecule has 20 atom stereocenters. The third-order valence-corrected chi connectivity index (χ3v) is 17.9. The smallest absolute Gasteiger partial charge is 0.315 e. The Morgan fingerprint density at radius 1 is 0.742 bits per heavy atom. The summed E-state index contributed by atoms with van der Waals surface area (Å²) in [6.07, 6.45) is -9.11. The topological polar surface area (TPSA) is 248 Å². The van der Waals surface area contributed by atoms with Crippen LogP contribution in [0, 0.1) is 50.2 Å². The molecule has 2 saturated heterocycles. The van der Waals surface area contributed by atoms with Gasteiger partial charge in [-0.1, -0.05) is 53.2 Å². The van der Waals surface area contributed by atoms with Crippen molar-refractivity contribution in [2.75, 3.05) is 13.2 Å². The second-order valence-corrected chi connectivity index (χ2v) is 21.8. The summed E-state index contributed by atoms with van der Waals surface area (Å²) in [7, 11) is 0. The molecule has 7 rings (SSSR count). The zero-order valence-electron chi connectivity index (χ0n) is 37.8. The van der Waals surface area contributed by atoms with Crippen LogP contribution in [-0.2, 0) is 42.8 Å². The molecule has 0 radical (unpaired) electrons. The van der Waals surface area contributed by atoms with E-state index in [9.17, 15) is 45.3 Å². The number of hydrogen-bond donors (Lipinski definition) is 7. The molecule has 16 nitrogen and oxygen atoms in total. The Kier molecular flexibility index (Phi) is 12.7. The fraction of sp³-hybridized carbons (Fsp3) is 0.891. The Labute approximate surface area is 364 Å². The van der Waals surface area contributed by atoms with Crippen molar-refractivity contribution in [3.05, 3.63) is 11.6 Å². The lowest BCUT2D eigenvalue weighted by atomic mass is 9.33.